The molecule has 0 bridgehead atoms. The minimum atomic E-state index is 0.527. The number of fused-ring (bicyclic) bond motifs is 1. The van der Waals surface area contributed by atoms with Crippen LogP contribution >= 0.6 is 0 Å². The molecule has 0 amide bonds. The van der Waals surface area contributed by atoms with Crippen molar-refractivity contribution in [3.8, 4) is 0 Å². The van der Waals surface area contributed by atoms with E-state index in [1.54, 1.807) is 0 Å². The number of hydrogen-bond acceptors (Lipinski definition) is 4. The lowest BCUT2D eigenvalue weighted by Crippen LogP contribution is -2.44. The second-order valence-electron chi connectivity index (χ2n) is 5.41. The number of aromatic nitrogens is 1. The molecule has 2 aromatic rings. The van der Waals surface area contributed by atoms with Crippen LogP contribution in [0.2, 0.25) is 0 Å². The van der Waals surface area contributed by atoms with Gasteiger partial charge in [0.05, 0.1) is 0 Å². The minimum Gasteiger partial charge on any atom is -0.441 e. The summed E-state index contributed by atoms with van der Waals surface area (Å²) in [4.78, 5) is 6.94. The Morgan fingerprint density at radius 2 is 2.16 bits per heavy atom. The van der Waals surface area contributed by atoms with Crippen molar-refractivity contribution in [3.05, 3.63) is 29.7 Å². The van der Waals surface area contributed by atoms with Gasteiger partial charge in [-0.15, -0.1) is 0 Å². The fourth-order valence-corrected chi connectivity index (χ4v) is 2.75. The van der Waals surface area contributed by atoms with E-state index < -0.39 is 0 Å². The number of hydrogen-bond donors (Lipinski definition) is 1. The zero-order valence-corrected chi connectivity index (χ0v) is 11.6. The van der Waals surface area contributed by atoms with Gasteiger partial charge in [0.2, 0.25) is 0 Å². The topological polar surface area (TPSA) is 41.3 Å². The summed E-state index contributed by atoms with van der Waals surface area (Å²) in [6.07, 6.45) is 0. The van der Waals surface area contributed by atoms with Gasteiger partial charge in [-0.2, -0.15) is 0 Å². The molecule has 1 saturated heterocycles. The smallest absolute Gasteiger partial charge is 0.192 e. The zero-order chi connectivity index (χ0) is 13.2. The molecule has 4 nitrogen and oxygen atoms in total. The van der Waals surface area contributed by atoms with Crippen LogP contribution in [0.25, 0.3) is 11.1 Å². The van der Waals surface area contributed by atoms with Crippen molar-refractivity contribution < 1.29 is 4.42 Å². The summed E-state index contributed by atoms with van der Waals surface area (Å²) in [6.45, 7) is 9.80. The van der Waals surface area contributed by atoms with E-state index in [9.17, 15) is 0 Å². The summed E-state index contributed by atoms with van der Waals surface area (Å²) in [5, 5.41) is 3.39. The Morgan fingerprint density at radius 3 is 2.95 bits per heavy atom. The molecular weight excluding hydrogens is 238 g/mol. The van der Waals surface area contributed by atoms with Crippen LogP contribution in [0.15, 0.2) is 22.6 Å². The van der Waals surface area contributed by atoms with Crippen LogP contribution in [0.4, 0.5) is 0 Å². The third-order valence-corrected chi connectivity index (χ3v) is 3.83. The molecule has 1 aromatic heterocycles. The number of nitrogens with one attached hydrogen (secondary N) is 1. The Kier molecular flexibility index (Phi) is 3.53. The van der Waals surface area contributed by atoms with Gasteiger partial charge in [0, 0.05) is 39.6 Å². The molecule has 0 saturated carbocycles. The number of rotatable bonds is 3. The van der Waals surface area contributed by atoms with Gasteiger partial charge in [0.1, 0.15) is 5.52 Å². The molecule has 1 unspecified atom stereocenters. The van der Waals surface area contributed by atoms with Crippen molar-refractivity contribution in [2.75, 3.05) is 32.7 Å². The average Bonchev–Trinajstić information content (AvgIpc) is 2.78. The summed E-state index contributed by atoms with van der Waals surface area (Å²) in [7, 11) is 0. The molecule has 1 aromatic carbocycles. The standard InChI is InChI=1S/C15H21N3O/c1-11(10-18-7-5-16-6-8-18)13-3-4-15-14(9-13)17-12(2)19-15/h3-4,9,11,16H,5-8,10H2,1-2H3. The molecule has 102 valence electrons. The number of oxazole rings is 1. The monoisotopic (exact) mass is 259 g/mol. The molecule has 1 N–H and O–H groups in total. The van der Waals surface area contributed by atoms with Gasteiger partial charge in [-0.25, -0.2) is 4.98 Å². The van der Waals surface area contributed by atoms with Crippen molar-refractivity contribution in [1.82, 2.24) is 15.2 Å². The quantitative estimate of drug-likeness (QED) is 0.917. The lowest BCUT2D eigenvalue weighted by Gasteiger charge is -2.29. The Hall–Kier alpha value is -1.39. The number of aryl methyl sites for hydroxylation is 1. The molecule has 1 aliphatic heterocycles. The maximum atomic E-state index is 5.52. The van der Waals surface area contributed by atoms with Gasteiger partial charge in [0.25, 0.3) is 0 Å². The first kappa shape index (κ1) is 12.6. The molecule has 3 rings (SSSR count). The Balaban J connectivity index is 1.74. The predicted molar refractivity (Wildman–Crippen MR) is 76.5 cm³/mol. The lowest BCUT2D eigenvalue weighted by molar-refractivity contribution is 0.230. The SMILES string of the molecule is Cc1nc2cc(C(C)CN3CCNCC3)ccc2o1. The fraction of sp³-hybridized carbons (Fsp3) is 0.533. The van der Waals surface area contributed by atoms with Gasteiger partial charge < -0.3 is 14.6 Å². The van der Waals surface area contributed by atoms with E-state index in [-0.39, 0.29) is 0 Å². The Morgan fingerprint density at radius 1 is 1.37 bits per heavy atom. The van der Waals surface area contributed by atoms with Crippen LogP contribution in [-0.2, 0) is 0 Å². The van der Waals surface area contributed by atoms with Gasteiger partial charge in [-0.1, -0.05) is 13.0 Å². The summed E-state index contributed by atoms with van der Waals surface area (Å²) in [5.41, 5.74) is 3.21. The molecule has 0 radical (unpaired) electrons. The van der Waals surface area contributed by atoms with E-state index in [4.69, 9.17) is 4.42 Å². The second kappa shape index (κ2) is 5.31. The largest absolute Gasteiger partial charge is 0.441 e. The first-order valence-corrected chi connectivity index (χ1v) is 7.02. The molecule has 19 heavy (non-hydrogen) atoms. The summed E-state index contributed by atoms with van der Waals surface area (Å²) in [6, 6.07) is 6.37. The predicted octanol–water partition coefficient (Wildman–Crippen LogP) is 2.14. The maximum absolute atomic E-state index is 5.52. The Labute approximate surface area is 113 Å². The highest BCUT2D eigenvalue weighted by Gasteiger charge is 2.15. The summed E-state index contributed by atoms with van der Waals surface area (Å²) in [5.74, 6) is 1.27. The van der Waals surface area contributed by atoms with Gasteiger partial charge >= 0.3 is 0 Å². The maximum Gasteiger partial charge on any atom is 0.192 e. The third kappa shape index (κ3) is 2.80. The molecule has 4 heteroatoms. The zero-order valence-electron chi connectivity index (χ0n) is 11.6. The number of nitrogens with zero attached hydrogens (tertiary/aromatic N) is 2. The van der Waals surface area contributed by atoms with E-state index in [1.165, 1.54) is 5.56 Å². The van der Waals surface area contributed by atoms with Crippen molar-refractivity contribution in [2.45, 2.75) is 19.8 Å². The Bertz CT molecular complexity index is 558. The van der Waals surface area contributed by atoms with Crippen LogP contribution in [0.3, 0.4) is 0 Å². The average molecular weight is 259 g/mol. The second-order valence-corrected chi connectivity index (χ2v) is 5.41. The van der Waals surface area contributed by atoms with Crippen LogP contribution < -0.4 is 5.32 Å². The summed E-state index contributed by atoms with van der Waals surface area (Å²) >= 11 is 0. The molecule has 1 fully saturated rings. The van der Waals surface area contributed by atoms with Gasteiger partial charge in [-0.3, -0.25) is 0 Å². The van der Waals surface area contributed by atoms with Crippen molar-refractivity contribution in [1.29, 1.82) is 0 Å². The molecule has 1 atom stereocenters. The highest BCUT2D eigenvalue weighted by molar-refractivity contribution is 5.73. The molecule has 1 aliphatic rings. The van der Waals surface area contributed by atoms with Crippen LogP contribution in [0.1, 0.15) is 24.3 Å². The highest BCUT2D eigenvalue weighted by atomic mass is 16.3. The molecule has 2 heterocycles. The highest BCUT2D eigenvalue weighted by Crippen LogP contribution is 2.22. The van der Waals surface area contributed by atoms with Crippen molar-refractivity contribution in [3.63, 3.8) is 0 Å². The molecule has 0 spiro atoms. The molecule has 0 aliphatic carbocycles. The minimum absolute atomic E-state index is 0.527. The van der Waals surface area contributed by atoms with E-state index in [0.29, 0.717) is 5.92 Å². The van der Waals surface area contributed by atoms with Crippen LogP contribution in [0.5, 0.6) is 0 Å². The third-order valence-electron chi connectivity index (χ3n) is 3.83. The number of piperazine rings is 1. The normalized spacial score (nSPS) is 18.8. The number of benzene rings is 1. The van der Waals surface area contributed by atoms with E-state index in [1.807, 2.05) is 13.0 Å². The first-order chi connectivity index (χ1) is 9.22. The van der Waals surface area contributed by atoms with E-state index in [0.717, 1.165) is 49.7 Å². The van der Waals surface area contributed by atoms with Gasteiger partial charge in [-0.05, 0) is 23.6 Å². The summed E-state index contributed by atoms with van der Waals surface area (Å²) < 4.78 is 5.52. The fourth-order valence-electron chi connectivity index (χ4n) is 2.75. The van der Waals surface area contributed by atoms with Crippen LogP contribution in [-0.4, -0.2) is 42.6 Å². The van der Waals surface area contributed by atoms with Crippen molar-refractivity contribution in [2.24, 2.45) is 0 Å². The first-order valence-electron chi connectivity index (χ1n) is 7.02. The van der Waals surface area contributed by atoms with E-state index in [2.05, 4.69) is 34.3 Å². The lowest BCUT2D eigenvalue weighted by atomic mass is 10.00. The van der Waals surface area contributed by atoms with E-state index >= 15 is 0 Å². The molecular formula is C15H21N3O. The van der Waals surface area contributed by atoms with Crippen molar-refractivity contribution >= 4 is 11.1 Å². The van der Waals surface area contributed by atoms with Gasteiger partial charge in [0.15, 0.2) is 11.5 Å². The van der Waals surface area contributed by atoms with Crippen LogP contribution in [0, 0.1) is 6.92 Å².